The van der Waals surface area contributed by atoms with Crippen LogP contribution in [0.15, 0.2) is 15.0 Å². The maximum Gasteiger partial charge on any atom is 0.146 e. The number of halogens is 2. The second-order valence-corrected chi connectivity index (χ2v) is 21.2. The molecule has 1 aromatic rings. The maximum atomic E-state index is 16.4. The van der Waals surface area contributed by atoms with Crippen molar-refractivity contribution in [2.75, 3.05) is 12.3 Å². The van der Waals surface area contributed by atoms with Crippen molar-refractivity contribution in [3.05, 3.63) is 22.2 Å². The second-order valence-electron chi connectivity index (χ2n) is 10.5. The SMILES string of the molecule is CC[Si](CC)(CC)c1cc(Br)nc(C(C)(CS2(=O)=NCCCC2C)N[S+]([O-])C(C)(C)C)c1F. The van der Waals surface area contributed by atoms with E-state index in [2.05, 4.69) is 50.8 Å². The largest absolute Gasteiger partial charge is 0.598 e. The Bertz CT molecular complexity index is 953. The number of aromatic nitrogens is 1. The predicted molar refractivity (Wildman–Crippen MR) is 146 cm³/mol. The van der Waals surface area contributed by atoms with Crippen LogP contribution in [0.3, 0.4) is 0 Å². The second kappa shape index (κ2) is 10.9. The van der Waals surface area contributed by atoms with Crippen LogP contribution in [-0.4, -0.2) is 44.1 Å². The topological polar surface area (TPSA) is 77.4 Å². The van der Waals surface area contributed by atoms with Gasteiger partial charge in [-0.2, -0.15) is 0 Å². The van der Waals surface area contributed by atoms with Gasteiger partial charge in [0.25, 0.3) is 0 Å². The van der Waals surface area contributed by atoms with Crippen LogP contribution in [0.2, 0.25) is 18.1 Å². The van der Waals surface area contributed by atoms with Crippen LogP contribution >= 0.6 is 15.9 Å². The zero-order chi connectivity index (χ0) is 25.2. The van der Waals surface area contributed by atoms with E-state index in [0.29, 0.717) is 11.1 Å². The lowest BCUT2D eigenvalue weighted by Gasteiger charge is -2.38. The lowest BCUT2D eigenvalue weighted by atomic mass is 10.0. The molecule has 1 aliphatic heterocycles. The van der Waals surface area contributed by atoms with E-state index in [1.807, 2.05) is 33.8 Å². The highest BCUT2D eigenvalue weighted by Crippen LogP contribution is 2.33. The fourth-order valence-electron chi connectivity index (χ4n) is 4.59. The number of rotatable bonds is 9. The van der Waals surface area contributed by atoms with Gasteiger partial charge >= 0.3 is 0 Å². The molecular formula is C23H41BrFN3O2S2Si. The number of pyridine rings is 1. The Labute approximate surface area is 213 Å². The van der Waals surface area contributed by atoms with E-state index < -0.39 is 39.5 Å². The molecule has 0 saturated heterocycles. The minimum absolute atomic E-state index is 0.0712. The summed E-state index contributed by atoms with van der Waals surface area (Å²) in [6, 6.07) is 4.60. The van der Waals surface area contributed by atoms with Crippen molar-refractivity contribution < 1.29 is 13.2 Å². The van der Waals surface area contributed by atoms with E-state index in [1.54, 1.807) is 6.92 Å². The van der Waals surface area contributed by atoms with Gasteiger partial charge in [0, 0.05) is 23.2 Å². The van der Waals surface area contributed by atoms with E-state index in [9.17, 15) is 8.76 Å². The van der Waals surface area contributed by atoms with Crippen molar-refractivity contribution in [3.63, 3.8) is 0 Å². The summed E-state index contributed by atoms with van der Waals surface area (Å²) in [7, 11) is -4.73. The molecule has 190 valence electrons. The first-order chi connectivity index (χ1) is 15.2. The van der Waals surface area contributed by atoms with Gasteiger partial charge in [-0.3, -0.25) is 0 Å². The normalized spacial score (nSPS) is 24.8. The summed E-state index contributed by atoms with van der Waals surface area (Å²) in [6.45, 7) is 16.3. The molecule has 0 aromatic carbocycles. The van der Waals surface area contributed by atoms with Crippen LogP contribution in [0.4, 0.5) is 4.39 Å². The van der Waals surface area contributed by atoms with Crippen LogP contribution in [0, 0.1) is 5.82 Å². The minimum Gasteiger partial charge on any atom is -0.598 e. The van der Waals surface area contributed by atoms with Crippen LogP contribution in [0.5, 0.6) is 0 Å². The summed E-state index contributed by atoms with van der Waals surface area (Å²) >= 11 is 2.01. The summed E-state index contributed by atoms with van der Waals surface area (Å²) in [5.41, 5.74) is -1.02. The molecule has 5 nitrogen and oxygen atoms in total. The molecule has 0 bridgehead atoms. The summed E-state index contributed by atoms with van der Waals surface area (Å²) in [5.74, 6) is -0.273. The fraction of sp³-hybridized carbons (Fsp3) is 0.783. The summed E-state index contributed by atoms with van der Waals surface area (Å²) in [4.78, 5) is 4.58. The summed E-state index contributed by atoms with van der Waals surface area (Å²) < 4.78 is 51.3. The van der Waals surface area contributed by atoms with Crippen LogP contribution < -0.4 is 9.91 Å². The number of hydrogen-bond acceptors (Lipinski definition) is 5. The molecule has 0 fully saturated rings. The third kappa shape index (κ3) is 6.23. The van der Waals surface area contributed by atoms with Crippen molar-refractivity contribution in [3.8, 4) is 0 Å². The van der Waals surface area contributed by atoms with Crippen molar-refractivity contribution in [1.82, 2.24) is 9.71 Å². The van der Waals surface area contributed by atoms with Gasteiger partial charge in [-0.05, 0) is 74.6 Å². The van der Waals surface area contributed by atoms with E-state index in [1.165, 1.54) is 0 Å². The quantitative estimate of drug-likeness (QED) is 0.233. The van der Waals surface area contributed by atoms with E-state index >= 15 is 4.39 Å². The van der Waals surface area contributed by atoms with E-state index in [-0.39, 0.29) is 22.5 Å². The molecule has 2 rings (SSSR count). The molecule has 0 amide bonds. The molecule has 10 heteroatoms. The van der Waals surface area contributed by atoms with Gasteiger partial charge < -0.3 is 4.55 Å². The zero-order valence-electron chi connectivity index (χ0n) is 21.4. The Morgan fingerprint density at radius 3 is 2.33 bits per heavy atom. The monoisotopic (exact) mass is 581 g/mol. The first kappa shape index (κ1) is 29.2. The standard InChI is InChI=1S/C23H41BrFN3O2S2Si/c1-9-33(10-2,11-3)18-15-19(24)27-21(20(18)25)23(8,28-31(29)22(5,6)7)16-32(30)17(4)13-12-14-26-32/h15,17,28H,9-14,16H2,1-8H3. The molecule has 0 spiro atoms. The molecule has 0 radical (unpaired) electrons. The maximum absolute atomic E-state index is 16.4. The highest BCUT2D eigenvalue weighted by molar-refractivity contribution is 9.10. The lowest BCUT2D eigenvalue weighted by molar-refractivity contribution is 0.424. The van der Waals surface area contributed by atoms with E-state index in [0.717, 1.165) is 36.2 Å². The lowest BCUT2D eigenvalue weighted by Crippen LogP contribution is -2.56. The Morgan fingerprint density at radius 1 is 1.27 bits per heavy atom. The molecule has 1 N–H and O–H groups in total. The molecular weight excluding hydrogens is 541 g/mol. The Hall–Kier alpha value is -0.00312. The number of hydrogen-bond donors (Lipinski definition) is 1. The third-order valence-corrected chi connectivity index (χ3v) is 18.0. The number of nitrogens with one attached hydrogen (secondary N) is 1. The van der Waals surface area contributed by atoms with Gasteiger partial charge in [-0.15, -0.1) is 4.72 Å². The molecule has 4 unspecified atom stereocenters. The Morgan fingerprint density at radius 2 is 1.85 bits per heavy atom. The Kier molecular flexibility index (Phi) is 9.69. The summed E-state index contributed by atoms with van der Waals surface area (Å²) in [5, 5.41) is 0.630. The van der Waals surface area contributed by atoms with E-state index in [4.69, 9.17) is 0 Å². The predicted octanol–water partition coefficient (Wildman–Crippen LogP) is 5.62. The smallest absolute Gasteiger partial charge is 0.146 e. The van der Waals surface area contributed by atoms with Gasteiger partial charge in [0.05, 0.1) is 23.6 Å². The van der Waals surface area contributed by atoms with Crippen molar-refractivity contribution in [1.29, 1.82) is 0 Å². The van der Waals surface area contributed by atoms with Crippen LogP contribution in [0.25, 0.3) is 0 Å². The average molecular weight is 583 g/mol. The Balaban J connectivity index is 2.77. The van der Waals surface area contributed by atoms with Gasteiger partial charge in [-0.25, -0.2) is 17.9 Å². The van der Waals surface area contributed by atoms with Gasteiger partial charge in [0.1, 0.15) is 26.4 Å². The molecule has 1 aromatic heterocycles. The molecule has 33 heavy (non-hydrogen) atoms. The molecule has 0 saturated carbocycles. The van der Waals surface area contributed by atoms with Crippen LogP contribution in [-0.2, 0) is 26.6 Å². The van der Waals surface area contributed by atoms with Gasteiger partial charge in [-0.1, -0.05) is 38.9 Å². The summed E-state index contributed by atoms with van der Waals surface area (Å²) in [6.07, 6.45) is 1.72. The van der Waals surface area contributed by atoms with Gasteiger partial charge in [0.2, 0.25) is 0 Å². The zero-order valence-corrected chi connectivity index (χ0v) is 25.6. The average Bonchev–Trinajstić information content (AvgIpc) is 2.73. The molecule has 2 heterocycles. The molecule has 4 atom stereocenters. The van der Waals surface area contributed by atoms with Crippen LogP contribution in [0.1, 0.15) is 73.9 Å². The number of nitrogens with zero attached hydrogens (tertiary/aromatic N) is 2. The third-order valence-electron chi connectivity index (χ3n) is 7.13. The first-order valence-electron chi connectivity index (χ1n) is 11.9. The highest BCUT2D eigenvalue weighted by atomic mass is 79.9. The van der Waals surface area contributed by atoms with Crippen molar-refractivity contribution in [2.24, 2.45) is 4.36 Å². The van der Waals surface area contributed by atoms with Gasteiger partial charge in [0.15, 0.2) is 0 Å². The van der Waals surface area contributed by atoms with Crippen molar-refractivity contribution >= 4 is 50.3 Å². The van der Waals surface area contributed by atoms with Crippen molar-refractivity contribution in [2.45, 2.75) is 102 Å². The molecule has 1 aliphatic rings. The first-order valence-corrected chi connectivity index (χ1v) is 18.2. The minimum atomic E-state index is -2.64. The fourth-order valence-corrected chi connectivity index (χ4v) is 12.5. The molecule has 0 aliphatic carbocycles. The highest BCUT2D eigenvalue weighted by Gasteiger charge is 2.46.